The van der Waals surface area contributed by atoms with E-state index in [-0.39, 0.29) is 22.4 Å². The van der Waals surface area contributed by atoms with Crippen molar-refractivity contribution in [2.24, 2.45) is 5.41 Å². The van der Waals surface area contributed by atoms with Crippen LogP contribution in [-0.2, 0) is 11.0 Å². The number of phenols is 1. The van der Waals surface area contributed by atoms with E-state index in [1.807, 2.05) is 0 Å². The van der Waals surface area contributed by atoms with Gasteiger partial charge in [-0.3, -0.25) is 9.59 Å². The second kappa shape index (κ2) is 9.00. The molecule has 1 aliphatic heterocycles. The third-order valence-corrected chi connectivity index (χ3v) is 6.65. The highest BCUT2D eigenvalue weighted by molar-refractivity contribution is 6.04. The van der Waals surface area contributed by atoms with Crippen molar-refractivity contribution in [1.82, 2.24) is 4.90 Å². The molecule has 1 saturated carbocycles. The van der Waals surface area contributed by atoms with E-state index in [0.717, 1.165) is 25.0 Å². The molecule has 3 N–H and O–H groups in total. The molecule has 0 bridgehead atoms. The number of para-hydroxylation sites is 2. The molecular weight excluding hydrogens is 451 g/mol. The molecule has 1 saturated heterocycles. The Bertz CT molecular complexity index is 1120. The first-order chi connectivity index (χ1) is 16.1. The van der Waals surface area contributed by atoms with Gasteiger partial charge in [0.05, 0.1) is 22.5 Å². The number of hydrogen-bond donors (Lipinski definition) is 3. The number of halogens is 3. The third-order valence-electron chi connectivity index (χ3n) is 6.65. The summed E-state index contributed by atoms with van der Waals surface area (Å²) in [5.41, 5.74) is -1.95. The lowest BCUT2D eigenvalue weighted by atomic mass is 9.76. The van der Waals surface area contributed by atoms with Gasteiger partial charge in [0.1, 0.15) is 5.78 Å². The second-order valence-electron chi connectivity index (χ2n) is 8.67. The summed E-state index contributed by atoms with van der Waals surface area (Å²) < 4.78 is 39.5. The van der Waals surface area contributed by atoms with Crippen molar-refractivity contribution in [1.29, 1.82) is 0 Å². The van der Waals surface area contributed by atoms with Crippen LogP contribution in [0.5, 0.6) is 5.75 Å². The van der Waals surface area contributed by atoms with E-state index in [1.165, 1.54) is 30.3 Å². The molecule has 2 fully saturated rings. The lowest BCUT2D eigenvalue weighted by molar-refractivity contribution is -0.137. The number of nitrogens with zero attached hydrogens (tertiary/aromatic N) is 1. The van der Waals surface area contributed by atoms with Gasteiger partial charge < -0.3 is 20.6 Å². The van der Waals surface area contributed by atoms with Gasteiger partial charge in [-0.1, -0.05) is 18.2 Å². The molecule has 0 radical (unpaired) electrons. The molecule has 1 spiro atoms. The Morgan fingerprint density at radius 1 is 0.941 bits per heavy atom. The van der Waals surface area contributed by atoms with Crippen LogP contribution in [0.3, 0.4) is 0 Å². The Labute approximate surface area is 193 Å². The number of urea groups is 1. The molecular formula is C24H24F3N3O4. The molecule has 1 heterocycles. The molecule has 7 nitrogen and oxygen atoms in total. The predicted molar refractivity (Wildman–Crippen MR) is 119 cm³/mol. The maximum absolute atomic E-state index is 13.2. The molecule has 2 aromatic carbocycles. The van der Waals surface area contributed by atoms with Crippen LogP contribution < -0.4 is 10.6 Å². The van der Waals surface area contributed by atoms with Gasteiger partial charge in [-0.2, -0.15) is 13.2 Å². The zero-order valence-electron chi connectivity index (χ0n) is 18.2. The predicted octanol–water partition coefficient (Wildman–Crippen LogP) is 5.03. The maximum atomic E-state index is 13.2. The molecule has 180 valence electrons. The summed E-state index contributed by atoms with van der Waals surface area (Å²) in [5, 5.41) is 15.0. The van der Waals surface area contributed by atoms with E-state index < -0.39 is 35.1 Å². The van der Waals surface area contributed by atoms with E-state index in [2.05, 4.69) is 10.6 Å². The van der Waals surface area contributed by atoms with E-state index >= 15 is 0 Å². The van der Waals surface area contributed by atoms with Crippen LogP contribution in [0.2, 0.25) is 0 Å². The summed E-state index contributed by atoms with van der Waals surface area (Å²) in [6, 6.07) is 7.71. The fourth-order valence-electron chi connectivity index (χ4n) is 4.76. The SMILES string of the molecule is O=C(Nc1ccccc1C(F)(F)F)Nc1cccc(C(=O)N2CCC3(CCCC3=O)CC2)c1O. The number of carbonyl (C=O) groups is 3. The number of aromatic hydroxyl groups is 1. The molecule has 0 atom stereocenters. The minimum absolute atomic E-state index is 0.0396. The van der Waals surface area contributed by atoms with Gasteiger partial charge in [0, 0.05) is 24.9 Å². The van der Waals surface area contributed by atoms with Crippen molar-refractivity contribution in [2.75, 3.05) is 23.7 Å². The van der Waals surface area contributed by atoms with E-state index in [1.54, 1.807) is 4.90 Å². The minimum Gasteiger partial charge on any atom is -0.505 e. The van der Waals surface area contributed by atoms with Gasteiger partial charge in [0.15, 0.2) is 5.75 Å². The molecule has 2 aromatic rings. The van der Waals surface area contributed by atoms with E-state index in [0.29, 0.717) is 32.4 Å². The highest BCUT2D eigenvalue weighted by Gasteiger charge is 2.44. The normalized spacial score (nSPS) is 17.6. The monoisotopic (exact) mass is 475 g/mol. The van der Waals surface area contributed by atoms with Crippen LogP contribution in [0.25, 0.3) is 0 Å². The topological polar surface area (TPSA) is 98.7 Å². The standard InChI is InChI=1S/C24H24F3N3O4/c25-24(26,27)16-6-1-2-7-17(16)28-22(34)29-18-8-3-5-15(20(18)32)21(33)30-13-11-23(12-14-30)10-4-9-19(23)31/h1-3,5-8,32H,4,9-14H2,(H2,28,29,34). The number of anilines is 2. The van der Waals surface area contributed by atoms with Crippen molar-refractivity contribution in [3.05, 3.63) is 53.6 Å². The summed E-state index contributed by atoms with van der Waals surface area (Å²) in [7, 11) is 0. The van der Waals surface area contributed by atoms with Crippen LogP contribution in [0, 0.1) is 5.41 Å². The van der Waals surface area contributed by atoms with Crippen molar-refractivity contribution < 1.29 is 32.7 Å². The van der Waals surface area contributed by atoms with Crippen LogP contribution in [0.4, 0.5) is 29.3 Å². The molecule has 1 aliphatic carbocycles. The number of likely N-dealkylation sites (tertiary alicyclic amines) is 1. The van der Waals surface area contributed by atoms with Gasteiger partial charge in [0.2, 0.25) is 0 Å². The fourth-order valence-corrected chi connectivity index (χ4v) is 4.76. The van der Waals surface area contributed by atoms with Crippen molar-refractivity contribution in [3.63, 3.8) is 0 Å². The Kier molecular flexibility index (Phi) is 6.24. The first-order valence-electron chi connectivity index (χ1n) is 11.0. The number of rotatable bonds is 3. The van der Waals surface area contributed by atoms with Gasteiger partial charge in [0.25, 0.3) is 5.91 Å². The Morgan fingerprint density at radius 3 is 2.24 bits per heavy atom. The van der Waals surface area contributed by atoms with Gasteiger partial charge in [-0.05, 0) is 49.9 Å². The molecule has 0 aromatic heterocycles. The number of phenolic OH excluding ortho intramolecular Hbond substituents is 1. The Balaban J connectivity index is 1.45. The largest absolute Gasteiger partial charge is 0.505 e. The smallest absolute Gasteiger partial charge is 0.418 e. The summed E-state index contributed by atoms with van der Waals surface area (Å²) >= 11 is 0. The van der Waals surface area contributed by atoms with Gasteiger partial charge in [-0.25, -0.2) is 4.79 Å². The number of carbonyl (C=O) groups excluding carboxylic acids is 3. The molecule has 2 aliphatic rings. The number of alkyl halides is 3. The zero-order valence-corrected chi connectivity index (χ0v) is 18.2. The molecule has 3 amide bonds. The van der Waals surface area contributed by atoms with Crippen LogP contribution in [0.15, 0.2) is 42.5 Å². The fraction of sp³-hybridized carbons (Fsp3) is 0.375. The van der Waals surface area contributed by atoms with Gasteiger partial charge >= 0.3 is 12.2 Å². The van der Waals surface area contributed by atoms with E-state index in [4.69, 9.17) is 0 Å². The number of piperidine rings is 1. The Hall–Kier alpha value is -3.56. The summed E-state index contributed by atoms with van der Waals surface area (Å²) in [6.07, 6.45) is -1.21. The summed E-state index contributed by atoms with van der Waals surface area (Å²) in [6.45, 7) is 0.771. The van der Waals surface area contributed by atoms with Crippen molar-refractivity contribution in [2.45, 2.75) is 38.3 Å². The lowest BCUT2D eigenvalue weighted by Gasteiger charge is -2.38. The number of Topliss-reactive ketones (excluding diaryl/α,β-unsaturated/α-hetero) is 1. The second-order valence-corrected chi connectivity index (χ2v) is 8.67. The molecule has 34 heavy (non-hydrogen) atoms. The zero-order chi connectivity index (χ0) is 24.5. The van der Waals surface area contributed by atoms with Crippen molar-refractivity contribution in [3.8, 4) is 5.75 Å². The average Bonchev–Trinajstić information content (AvgIpc) is 3.14. The number of amides is 3. The number of nitrogens with one attached hydrogen (secondary N) is 2. The molecule has 4 rings (SSSR count). The molecule has 0 unspecified atom stereocenters. The van der Waals surface area contributed by atoms with Crippen LogP contribution in [0.1, 0.15) is 48.0 Å². The van der Waals surface area contributed by atoms with Crippen LogP contribution in [-0.4, -0.2) is 40.8 Å². The van der Waals surface area contributed by atoms with Gasteiger partial charge in [-0.15, -0.1) is 0 Å². The lowest BCUT2D eigenvalue weighted by Crippen LogP contribution is -2.44. The molecule has 10 heteroatoms. The number of ketones is 1. The maximum Gasteiger partial charge on any atom is 0.418 e. The number of benzene rings is 2. The average molecular weight is 475 g/mol. The van der Waals surface area contributed by atoms with E-state index in [9.17, 15) is 32.7 Å². The summed E-state index contributed by atoms with van der Waals surface area (Å²) in [5.74, 6) is -0.667. The Morgan fingerprint density at radius 2 is 1.59 bits per heavy atom. The minimum atomic E-state index is -4.66. The first-order valence-corrected chi connectivity index (χ1v) is 11.0. The summed E-state index contributed by atoms with van der Waals surface area (Å²) in [4.78, 5) is 39.2. The highest BCUT2D eigenvalue weighted by Crippen LogP contribution is 2.44. The first kappa shape index (κ1) is 23.6. The third kappa shape index (κ3) is 4.57. The highest BCUT2D eigenvalue weighted by atomic mass is 19.4. The van der Waals surface area contributed by atoms with Crippen molar-refractivity contribution >= 4 is 29.1 Å². The quantitative estimate of drug-likeness (QED) is 0.543. The number of hydrogen-bond acceptors (Lipinski definition) is 4. The van der Waals surface area contributed by atoms with Crippen LogP contribution >= 0.6 is 0 Å².